The Labute approximate surface area is 176 Å². The Hall–Kier alpha value is -2.39. The predicted molar refractivity (Wildman–Crippen MR) is 115 cm³/mol. The predicted octanol–water partition coefficient (Wildman–Crippen LogP) is 3.95. The Balaban J connectivity index is 2.35. The normalized spacial score (nSPS) is 11.6. The van der Waals surface area contributed by atoms with E-state index in [1.54, 1.807) is 31.1 Å². The summed E-state index contributed by atoms with van der Waals surface area (Å²) < 4.78 is 27.2. The Morgan fingerprint density at radius 1 is 1.03 bits per heavy atom. The molecule has 0 radical (unpaired) electrons. The van der Waals surface area contributed by atoms with E-state index < -0.39 is 16.1 Å². The molecular weight excluding hydrogens is 414 g/mol. The maximum Gasteiger partial charge on any atom is 0.333 e. The van der Waals surface area contributed by atoms with Gasteiger partial charge in [0.05, 0.1) is 0 Å². The zero-order valence-electron chi connectivity index (χ0n) is 17.3. The highest BCUT2D eigenvalue weighted by Gasteiger charge is 2.23. The summed E-state index contributed by atoms with van der Waals surface area (Å²) in [6, 6.07) is 3.96. The maximum absolute atomic E-state index is 12.6. The Kier molecular flexibility index (Phi) is 7.07. The first-order valence-corrected chi connectivity index (χ1v) is 10.9. The van der Waals surface area contributed by atoms with Crippen molar-refractivity contribution in [3.63, 3.8) is 0 Å². The van der Waals surface area contributed by atoms with E-state index in [0.717, 1.165) is 17.5 Å². The van der Waals surface area contributed by atoms with Crippen molar-refractivity contribution in [1.82, 2.24) is 14.7 Å². The quantitative estimate of drug-likeness (QED) is 0.660. The van der Waals surface area contributed by atoms with Crippen LogP contribution in [0.3, 0.4) is 0 Å². The number of urea groups is 1. The van der Waals surface area contributed by atoms with Crippen LogP contribution in [0.1, 0.15) is 50.7 Å². The number of hydrogen-bond acceptors (Lipinski definition) is 6. The van der Waals surface area contributed by atoms with Crippen LogP contribution in [-0.2, 0) is 10.0 Å². The second-order valence-corrected chi connectivity index (χ2v) is 9.50. The number of halogens is 1. The van der Waals surface area contributed by atoms with E-state index in [4.69, 9.17) is 11.6 Å². The van der Waals surface area contributed by atoms with Crippen LogP contribution in [0.4, 0.5) is 16.3 Å². The monoisotopic (exact) mass is 439 g/mol. The number of anilines is 2. The van der Waals surface area contributed by atoms with Gasteiger partial charge in [0.25, 0.3) is 10.0 Å². The molecule has 1 aromatic heterocycles. The third-order valence-corrected chi connectivity index (χ3v) is 5.68. The molecule has 1 heterocycles. The zero-order valence-corrected chi connectivity index (χ0v) is 18.9. The first-order valence-electron chi connectivity index (χ1n) is 9.09. The number of carbonyl (C=O) groups is 1. The van der Waals surface area contributed by atoms with Crippen molar-refractivity contribution in [2.45, 2.75) is 44.6 Å². The van der Waals surface area contributed by atoms with E-state index in [0.29, 0.717) is 16.5 Å². The van der Waals surface area contributed by atoms with E-state index in [-0.39, 0.29) is 16.9 Å². The van der Waals surface area contributed by atoms with Crippen molar-refractivity contribution >= 4 is 39.2 Å². The van der Waals surface area contributed by atoms with Gasteiger partial charge >= 0.3 is 6.03 Å². The van der Waals surface area contributed by atoms with Gasteiger partial charge in [0.2, 0.25) is 0 Å². The van der Waals surface area contributed by atoms with Crippen LogP contribution in [-0.4, -0.2) is 38.5 Å². The molecule has 0 bridgehead atoms. The number of sulfonamides is 1. The largest absolute Gasteiger partial charge is 0.363 e. The van der Waals surface area contributed by atoms with Crippen LogP contribution in [0.25, 0.3) is 0 Å². The molecule has 0 spiro atoms. The molecule has 0 aliphatic rings. The summed E-state index contributed by atoms with van der Waals surface area (Å²) in [5.41, 5.74) is 2.21. The SMILES string of the molecule is CC(C)c1cc(Cl)cc(C(C)C)c1NC(=O)NS(=O)(=O)c1cc(N(C)C)ncn1. The Bertz CT molecular complexity index is 978. The molecule has 2 N–H and O–H groups in total. The van der Waals surface area contributed by atoms with Gasteiger partial charge in [-0.25, -0.2) is 19.5 Å². The molecule has 8 nitrogen and oxygen atoms in total. The lowest BCUT2D eigenvalue weighted by Crippen LogP contribution is -2.35. The molecule has 2 aromatic rings. The van der Waals surface area contributed by atoms with Gasteiger partial charge in [-0.1, -0.05) is 39.3 Å². The van der Waals surface area contributed by atoms with Crippen molar-refractivity contribution in [3.05, 3.63) is 40.7 Å². The van der Waals surface area contributed by atoms with Crippen LogP contribution in [0.5, 0.6) is 0 Å². The number of rotatable bonds is 6. The highest BCUT2D eigenvalue weighted by atomic mass is 35.5. The Morgan fingerprint density at radius 2 is 1.59 bits per heavy atom. The average molecular weight is 440 g/mol. The summed E-state index contributed by atoms with van der Waals surface area (Å²) in [6.45, 7) is 7.89. The number of nitrogens with one attached hydrogen (secondary N) is 2. The summed E-state index contributed by atoms with van der Waals surface area (Å²) in [7, 11) is -0.731. The number of benzene rings is 1. The van der Waals surface area contributed by atoms with E-state index in [9.17, 15) is 13.2 Å². The van der Waals surface area contributed by atoms with Crippen LogP contribution in [0.2, 0.25) is 5.02 Å². The standard InChI is InChI=1S/C19H26ClN5O3S/c1-11(2)14-7-13(20)8-15(12(3)4)18(14)23-19(26)24-29(27,28)17-9-16(25(5)6)21-10-22-17/h7-12H,1-6H3,(H2,23,24,26). The zero-order chi connectivity index (χ0) is 21.9. The molecule has 1 aromatic carbocycles. The van der Waals surface area contributed by atoms with Crippen LogP contribution >= 0.6 is 11.6 Å². The molecule has 0 aliphatic carbocycles. The van der Waals surface area contributed by atoms with Crippen LogP contribution in [0.15, 0.2) is 29.6 Å². The fourth-order valence-electron chi connectivity index (χ4n) is 2.74. The summed E-state index contributed by atoms with van der Waals surface area (Å²) in [4.78, 5) is 22.0. The minimum Gasteiger partial charge on any atom is -0.363 e. The van der Waals surface area contributed by atoms with Crippen molar-refractivity contribution in [3.8, 4) is 0 Å². The van der Waals surface area contributed by atoms with Gasteiger partial charge in [0.15, 0.2) is 5.03 Å². The molecule has 0 fully saturated rings. The lowest BCUT2D eigenvalue weighted by molar-refractivity contribution is 0.256. The molecule has 0 unspecified atom stereocenters. The number of carbonyl (C=O) groups excluding carboxylic acids is 1. The number of amides is 2. The van der Waals surface area contributed by atoms with Crippen molar-refractivity contribution in [2.24, 2.45) is 0 Å². The average Bonchev–Trinajstić information content (AvgIpc) is 2.62. The third kappa shape index (κ3) is 5.57. The lowest BCUT2D eigenvalue weighted by atomic mass is 9.92. The summed E-state index contributed by atoms with van der Waals surface area (Å²) in [5, 5.41) is 2.96. The van der Waals surface area contributed by atoms with Gasteiger partial charge in [-0.3, -0.25) is 0 Å². The molecular formula is C19H26ClN5O3S. The molecule has 0 atom stereocenters. The van der Waals surface area contributed by atoms with Gasteiger partial charge < -0.3 is 10.2 Å². The van der Waals surface area contributed by atoms with Crippen LogP contribution < -0.4 is 14.9 Å². The lowest BCUT2D eigenvalue weighted by Gasteiger charge is -2.21. The molecule has 158 valence electrons. The Morgan fingerprint density at radius 3 is 2.07 bits per heavy atom. The van der Waals surface area contributed by atoms with Crippen LogP contribution in [0, 0.1) is 0 Å². The van der Waals surface area contributed by atoms with Gasteiger partial charge in [-0.15, -0.1) is 0 Å². The second-order valence-electron chi connectivity index (χ2n) is 7.44. The number of nitrogens with zero attached hydrogens (tertiary/aromatic N) is 3. The number of hydrogen-bond donors (Lipinski definition) is 2. The molecule has 10 heteroatoms. The molecule has 29 heavy (non-hydrogen) atoms. The van der Waals surface area contributed by atoms with Crippen molar-refractivity contribution in [2.75, 3.05) is 24.3 Å². The van der Waals surface area contributed by atoms with Gasteiger partial charge in [0.1, 0.15) is 12.1 Å². The van der Waals surface area contributed by atoms with E-state index in [1.807, 2.05) is 32.4 Å². The molecule has 0 saturated carbocycles. The second kappa shape index (κ2) is 8.96. The molecule has 2 rings (SSSR count). The summed E-state index contributed by atoms with van der Waals surface area (Å²) in [6.07, 6.45) is 1.13. The minimum atomic E-state index is -4.18. The van der Waals surface area contributed by atoms with Gasteiger partial charge in [-0.05, 0) is 35.1 Å². The summed E-state index contributed by atoms with van der Waals surface area (Å²) in [5.74, 6) is 0.549. The molecule has 2 amide bonds. The van der Waals surface area contributed by atoms with E-state index in [2.05, 4.69) is 15.3 Å². The third-order valence-electron chi connectivity index (χ3n) is 4.23. The molecule has 0 saturated heterocycles. The maximum atomic E-state index is 12.6. The van der Waals surface area contributed by atoms with E-state index >= 15 is 0 Å². The number of aromatic nitrogens is 2. The summed E-state index contributed by atoms with van der Waals surface area (Å²) >= 11 is 6.23. The van der Waals surface area contributed by atoms with Gasteiger partial charge in [0, 0.05) is 30.9 Å². The first kappa shape index (κ1) is 22.9. The minimum absolute atomic E-state index is 0.0719. The van der Waals surface area contributed by atoms with Crippen molar-refractivity contribution < 1.29 is 13.2 Å². The fourth-order valence-corrected chi connectivity index (χ4v) is 3.82. The van der Waals surface area contributed by atoms with Crippen molar-refractivity contribution in [1.29, 1.82) is 0 Å². The smallest absolute Gasteiger partial charge is 0.333 e. The highest BCUT2D eigenvalue weighted by molar-refractivity contribution is 7.90. The van der Waals surface area contributed by atoms with E-state index in [1.165, 1.54) is 6.07 Å². The highest BCUT2D eigenvalue weighted by Crippen LogP contribution is 2.35. The first-order chi connectivity index (χ1) is 13.4. The van der Waals surface area contributed by atoms with Gasteiger partial charge in [-0.2, -0.15) is 8.42 Å². The fraction of sp³-hybridized carbons (Fsp3) is 0.421. The molecule has 0 aliphatic heterocycles. The topological polar surface area (TPSA) is 104 Å².